The minimum Gasteiger partial charge on any atom is -0.399 e. The van der Waals surface area contributed by atoms with Crippen LogP contribution in [0.3, 0.4) is 0 Å². The van der Waals surface area contributed by atoms with Crippen LogP contribution in [0.1, 0.15) is 45.1 Å². The van der Waals surface area contributed by atoms with Gasteiger partial charge in [-0.25, -0.2) is 0 Å². The van der Waals surface area contributed by atoms with Gasteiger partial charge in [-0.05, 0) is 48.8 Å². The van der Waals surface area contributed by atoms with Gasteiger partial charge in [0.25, 0.3) is 0 Å². The van der Waals surface area contributed by atoms with E-state index in [1.165, 1.54) is 6.42 Å². The molecule has 1 aromatic carbocycles. The maximum absolute atomic E-state index is 11.9. The molecule has 104 valence electrons. The number of anilines is 1. The molecule has 1 saturated carbocycles. The minimum atomic E-state index is 0.166. The molecule has 0 aliphatic heterocycles. The molecule has 1 fully saturated rings. The Morgan fingerprint density at radius 2 is 2.05 bits per heavy atom. The number of hydrogen-bond acceptors (Lipinski definition) is 2. The van der Waals surface area contributed by atoms with Crippen molar-refractivity contribution >= 4 is 11.6 Å². The molecule has 2 rings (SSSR count). The van der Waals surface area contributed by atoms with E-state index in [1.54, 1.807) is 0 Å². The van der Waals surface area contributed by atoms with Crippen LogP contribution in [0, 0.1) is 5.41 Å². The third kappa shape index (κ3) is 4.27. The zero-order chi connectivity index (χ0) is 13.9. The second-order valence-electron chi connectivity index (χ2n) is 6.41. The van der Waals surface area contributed by atoms with Gasteiger partial charge in [0.15, 0.2) is 0 Å². The van der Waals surface area contributed by atoms with E-state index in [4.69, 9.17) is 5.73 Å². The lowest BCUT2D eigenvalue weighted by Gasteiger charge is -2.17. The van der Waals surface area contributed by atoms with Crippen molar-refractivity contribution in [1.82, 2.24) is 5.32 Å². The van der Waals surface area contributed by atoms with Crippen LogP contribution in [-0.4, -0.2) is 11.9 Å². The monoisotopic (exact) mass is 260 g/mol. The Balaban J connectivity index is 1.74. The van der Waals surface area contributed by atoms with Crippen molar-refractivity contribution in [2.45, 2.75) is 52.0 Å². The Kier molecular flexibility index (Phi) is 4.13. The normalized spacial score (nSPS) is 21.3. The molecular formula is C16H24N2O. The Labute approximate surface area is 115 Å². The summed E-state index contributed by atoms with van der Waals surface area (Å²) < 4.78 is 0. The molecule has 3 nitrogen and oxygen atoms in total. The molecule has 0 radical (unpaired) electrons. The molecule has 3 N–H and O–H groups in total. The van der Waals surface area contributed by atoms with Crippen molar-refractivity contribution in [2.24, 2.45) is 5.41 Å². The number of carbonyl (C=O) groups excluding carboxylic acids is 1. The number of carbonyl (C=O) groups is 1. The summed E-state index contributed by atoms with van der Waals surface area (Å²) in [5, 5.41) is 3.15. The number of benzene rings is 1. The maximum Gasteiger partial charge on any atom is 0.220 e. The highest BCUT2D eigenvalue weighted by Crippen LogP contribution is 2.36. The first-order valence-electron chi connectivity index (χ1n) is 7.08. The first-order chi connectivity index (χ1) is 8.94. The minimum absolute atomic E-state index is 0.166. The van der Waals surface area contributed by atoms with Crippen LogP contribution >= 0.6 is 0 Å². The van der Waals surface area contributed by atoms with Crippen molar-refractivity contribution in [2.75, 3.05) is 5.73 Å². The number of hydrogen-bond donors (Lipinski definition) is 2. The standard InChI is InChI=1S/C16H24N2O/c1-16(2)10-9-14(11-16)18-15(19)8-5-12-3-6-13(17)7-4-12/h3-4,6-7,14H,5,8-11,17H2,1-2H3,(H,18,19). The van der Waals surface area contributed by atoms with Crippen molar-refractivity contribution in [3.8, 4) is 0 Å². The number of nitrogen functional groups attached to an aromatic ring is 1. The predicted octanol–water partition coefficient (Wildman–Crippen LogP) is 2.90. The fourth-order valence-electron chi connectivity index (χ4n) is 2.80. The van der Waals surface area contributed by atoms with Crippen molar-refractivity contribution in [3.05, 3.63) is 29.8 Å². The summed E-state index contributed by atoms with van der Waals surface area (Å²) in [6.07, 6.45) is 4.75. The lowest BCUT2D eigenvalue weighted by atomic mass is 9.92. The molecule has 1 unspecified atom stereocenters. The Morgan fingerprint density at radius 1 is 1.37 bits per heavy atom. The van der Waals surface area contributed by atoms with E-state index in [0.29, 0.717) is 17.9 Å². The summed E-state index contributed by atoms with van der Waals surface area (Å²) in [5.74, 6) is 0.166. The Morgan fingerprint density at radius 3 is 2.63 bits per heavy atom. The van der Waals surface area contributed by atoms with Gasteiger partial charge in [-0.1, -0.05) is 26.0 Å². The Bertz CT molecular complexity index is 437. The van der Waals surface area contributed by atoms with Gasteiger partial charge < -0.3 is 11.1 Å². The molecule has 1 aliphatic carbocycles. The Hall–Kier alpha value is -1.51. The third-order valence-corrected chi connectivity index (χ3v) is 3.95. The van der Waals surface area contributed by atoms with Gasteiger partial charge in [0.2, 0.25) is 5.91 Å². The van der Waals surface area contributed by atoms with Crippen LogP contribution < -0.4 is 11.1 Å². The lowest BCUT2D eigenvalue weighted by molar-refractivity contribution is -0.121. The van der Waals surface area contributed by atoms with E-state index >= 15 is 0 Å². The topological polar surface area (TPSA) is 55.1 Å². The summed E-state index contributed by atoms with van der Waals surface area (Å²) in [4.78, 5) is 11.9. The summed E-state index contributed by atoms with van der Waals surface area (Å²) in [5.41, 5.74) is 7.95. The number of aryl methyl sites for hydroxylation is 1. The fourth-order valence-corrected chi connectivity index (χ4v) is 2.80. The zero-order valence-corrected chi connectivity index (χ0v) is 11.9. The van der Waals surface area contributed by atoms with Gasteiger partial charge in [0.05, 0.1) is 0 Å². The molecule has 1 aromatic rings. The van der Waals surface area contributed by atoms with E-state index in [0.717, 1.165) is 30.5 Å². The van der Waals surface area contributed by atoms with Gasteiger partial charge in [-0.3, -0.25) is 4.79 Å². The zero-order valence-electron chi connectivity index (χ0n) is 11.9. The number of nitrogens with two attached hydrogens (primary N) is 1. The van der Waals surface area contributed by atoms with E-state index < -0.39 is 0 Å². The smallest absolute Gasteiger partial charge is 0.220 e. The van der Waals surface area contributed by atoms with Gasteiger partial charge in [-0.15, -0.1) is 0 Å². The fraction of sp³-hybridized carbons (Fsp3) is 0.562. The summed E-state index contributed by atoms with van der Waals surface area (Å²) in [6.45, 7) is 4.54. The lowest BCUT2D eigenvalue weighted by Crippen LogP contribution is -2.33. The van der Waals surface area contributed by atoms with Gasteiger partial charge >= 0.3 is 0 Å². The molecule has 1 amide bonds. The summed E-state index contributed by atoms with van der Waals surface area (Å²) in [7, 11) is 0. The molecule has 0 bridgehead atoms. The van der Waals surface area contributed by atoms with Gasteiger partial charge in [-0.2, -0.15) is 0 Å². The average molecular weight is 260 g/mol. The average Bonchev–Trinajstić information content (AvgIpc) is 2.68. The van der Waals surface area contributed by atoms with E-state index in [1.807, 2.05) is 24.3 Å². The summed E-state index contributed by atoms with van der Waals surface area (Å²) >= 11 is 0. The highest BCUT2D eigenvalue weighted by atomic mass is 16.1. The molecule has 0 spiro atoms. The van der Waals surface area contributed by atoms with Crippen LogP contribution in [-0.2, 0) is 11.2 Å². The largest absolute Gasteiger partial charge is 0.399 e. The van der Waals surface area contributed by atoms with Crippen molar-refractivity contribution < 1.29 is 4.79 Å². The quantitative estimate of drug-likeness (QED) is 0.818. The van der Waals surface area contributed by atoms with Crippen LogP contribution in [0.5, 0.6) is 0 Å². The number of amides is 1. The highest BCUT2D eigenvalue weighted by Gasteiger charge is 2.31. The summed E-state index contributed by atoms with van der Waals surface area (Å²) in [6, 6.07) is 8.11. The van der Waals surface area contributed by atoms with Crippen LogP contribution in [0.25, 0.3) is 0 Å². The van der Waals surface area contributed by atoms with Crippen molar-refractivity contribution in [3.63, 3.8) is 0 Å². The molecule has 1 aliphatic rings. The second kappa shape index (κ2) is 5.64. The van der Waals surface area contributed by atoms with Crippen LogP contribution in [0.15, 0.2) is 24.3 Å². The maximum atomic E-state index is 11.9. The molecule has 19 heavy (non-hydrogen) atoms. The van der Waals surface area contributed by atoms with Gasteiger partial charge in [0, 0.05) is 18.2 Å². The number of nitrogens with one attached hydrogen (secondary N) is 1. The van der Waals surface area contributed by atoms with Crippen molar-refractivity contribution in [1.29, 1.82) is 0 Å². The highest BCUT2D eigenvalue weighted by molar-refractivity contribution is 5.76. The van der Waals surface area contributed by atoms with E-state index in [2.05, 4.69) is 19.2 Å². The third-order valence-electron chi connectivity index (χ3n) is 3.95. The molecule has 0 saturated heterocycles. The van der Waals surface area contributed by atoms with Crippen LogP contribution in [0.2, 0.25) is 0 Å². The van der Waals surface area contributed by atoms with Crippen LogP contribution in [0.4, 0.5) is 5.69 Å². The van der Waals surface area contributed by atoms with E-state index in [-0.39, 0.29) is 5.91 Å². The first-order valence-corrected chi connectivity index (χ1v) is 7.08. The van der Waals surface area contributed by atoms with Gasteiger partial charge in [0.1, 0.15) is 0 Å². The molecule has 0 aromatic heterocycles. The van der Waals surface area contributed by atoms with E-state index in [9.17, 15) is 4.79 Å². The number of rotatable bonds is 4. The first kappa shape index (κ1) is 13.9. The molecular weight excluding hydrogens is 236 g/mol. The second-order valence-corrected chi connectivity index (χ2v) is 6.41. The molecule has 1 atom stereocenters. The SMILES string of the molecule is CC1(C)CCC(NC(=O)CCc2ccc(N)cc2)C1. The molecule has 0 heterocycles. The predicted molar refractivity (Wildman–Crippen MR) is 78.7 cm³/mol. The molecule has 3 heteroatoms.